The van der Waals surface area contributed by atoms with E-state index in [-0.39, 0.29) is 5.91 Å². The molecule has 1 N–H and O–H groups in total. The van der Waals surface area contributed by atoms with E-state index in [2.05, 4.69) is 20.1 Å². The summed E-state index contributed by atoms with van der Waals surface area (Å²) in [5, 5.41) is 8.61. The Morgan fingerprint density at radius 3 is 2.85 bits per heavy atom. The molecule has 1 aliphatic heterocycles. The van der Waals surface area contributed by atoms with Crippen LogP contribution in [0.25, 0.3) is 0 Å². The SMILES string of the molecule is Cc1nc(N2CCOCC2)sc1C(=O)N(C)Cc1n[nH]c2c1CCCCC2. The first-order chi connectivity index (χ1) is 13.1. The minimum Gasteiger partial charge on any atom is -0.378 e. The van der Waals surface area contributed by atoms with Gasteiger partial charge in [-0.1, -0.05) is 17.8 Å². The second-order valence-electron chi connectivity index (χ2n) is 7.36. The molecule has 0 spiro atoms. The Labute approximate surface area is 163 Å². The molecule has 0 unspecified atom stereocenters. The highest BCUT2D eigenvalue weighted by Gasteiger charge is 2.24. The smallest absolute Gasteiger partial charge is 0.266 e. The summed E-state index contributed by atoms with van der Waals surface area (Å²) in [6.07, 6.45) is 5.81. The van der Waals surface area contributed by atoms with E-state index in [9.17, 15) is 4.79 Å². The predicted octanol–water partition coefficient (Wildman–Crippen LogP) is 2.55. The molecule has 1 saturated heterocycles. The first kappa shape index (κ1) is 18.4. The third kappa shape index (κ3) is 3.87. The van der Waals surface area contributed by atoms with Crippen LogP contribution in [0.2, 0.25) is 0 Å². The molecule has 0 atom stereocenters. The van der Waals surface area contributed by atoms with E-state index >= 15 is 0 Å². The van der Waals surface area contributed by atoms with E-state index in [1.54, 1.807) is 4.90 Å². The lowest BCUT2D eigenvalue weighted by Crippen LogP contribution is -2.36. The van der Waals surface area contributed by atoms with Crippen molar-refractivity contribution in [1.29, 1.82) is 0 Å². The summed E-state index contributed by atoms with van der Waals surface area (Å²) in [5.74, 6) is 0.0230. The van der Waals surface area contributed by atoms with Crippen LogP contribution < -0.4 is 4.90 Å². The van der Waals surface area contributed by atoms with Crippen molar-refractivity contribution in [3.8, 4) is 0 Å². The lowest BCUT2D eigenvalue weighted by atomic mass is 10.1. The maximum atomic E-state index is 13.0. The van der Waals surface area contributed by atoms with Crippen molar-refractivity contribution in [3.05, 3.63) is 27.5 Å². The monoisotopic (exact) mass is 389 g/mol. The van der Waals surface area contributed by atoms with Crippen molar-refractivity contribution in [3.63, 3.8) is 0 Å². The van der Waals surface area contributed by atoms with Crippen LogP contribution in [0.4, 0.5) is 5.13 Å². The number of thiazole rings is 1. The molecule has 0 bridgehead atoms. The van der Waals surface area contributed by atoms with E-state index in [0.29, 0.717) is 19.8 Å². The lowest BCUT2D eigenvalue weighted by Gasteiger charge is -2.26. The summed E-state index contributed by atoms with van der Waals surface area (Å²) in [6, 6.07) is 0. The molecule has 1 aliphatic carbocycles. The average molecular weight is 390 g/mol. The Kier molecular flexibility index (Phi) is 5.45. The van der Waals surface area contributed by atoms with Crippen molar-refractivity contribution in [2.24, 2.45) is 0 Å². The number of aromatic amines is 1. The summed E-state index contributed by atoms with van der Waals surface area (Å²) in [6.45, 7) is 5.54. The Hall–Kier alpha value is -1.93. The van der Waals surface area contributed by atoms with Gasteiger partial charge in [0.15, 0.2) is 5.13 Å². The highest BCUT2D eigenvalue weighted by Crippen LogP contribution is 2.28. The lowest BCUT2D eigenvalue weighted by molar-refractivity contribution is 0.0787. The van der Waals surface area contributed by atoms with Crippen LogP contribution in [0.15, 0.2) is 0 Å². The largest absolute Gasteiger partial charge is 0.378 e. The van der Waals surface area contributed by atoms with Gasteiger partial charge in [-0.2, -0.15) is 5.10 Å². The molecule has 1 fully saturated rings. The summed E-state index contributed by atoms with van der Waals surface area (Å²) in [4.78, 5) is 22.4. The van der Waals surface area contributed by atoms with Gasteiger partial charge in [0.05, 0.1) is 31.1 Å². The number of carbonyl (C=O) groups is 1. The van der Waals surface area contributed by atoms with E-state index in [4.69, 9.17) is 4.74 Å². The molecular weight excluding hydrogens is 362 g/mol. The van der Waals surface area contributed by atoms with Crippen LogP contribution in [0.1, 0.15) is 51.6 Å². The fraction of sp³-hybridized carbons (Fsp3) is 0.632. The van der Waals surface area contributed by atoms with E-state index in [0.717, 1.165) is 47.3 Å². The topological polar surface area (TPSA) is 74.4 Å². The summed E-state index contributed by atoms with van der Waals surface area (Å²) >= 11 is 1.49. The molecule has 27 heavy (non-hydrogen) atoms. The van der Waals surface area contributed by atoms with Crippen LogP contribution in [0, 0.1) is 6.92 Å². The highest BCUT2D eigenvalue weighted by atomic mass is 32.1. The Bertz CT molecular complexity index is 809. The molecule has 3 heterocycles. The number of rotatable bonds is 4. The molecule has 4 rings (SSSR count). The normalized spacial score (nSPS) is 17.5. The van der Waals surface area contributed by atoms with Crippen LogP contribution in [0.3, 0.4) is 0 Å². The second kappa shape index (κ2) is 7.98. The van der Waals surface area contributed by atoms with Crippen molar-refractivity contribution < 1.29 is 9.53 Å². The third-order valence-electron chi connectivity index (χ3n) is 5.39. The number of hydrogen-bond acceptors (Lipinski definition) is 6. The number of hydrogen-bond donors (Lipinski definition) is 1. The van der Waals surface area contributed by atoms with Crippen LogP contribution in [-0.4, -0.2) is 59.3 Å². The molecule has 0 saturated carbocycles. The number of nitrogens with zero attached hydrogens (tertiary/aromatic N) is 4. The number of H-pyrrole nitrogens is 1. The molecule has 2 aromatic heterocycles. The third-order valence-corrected chi connectivity index (χ3v) is 6.59. The van der Waals surface area contributed by atoms with Gasteiger partial charge in [0, 0.05) is 25.8 Å². The molecule has 0 radical (unpaired) electrons. The Morgan fingerprint density at radius 2 is 2.04 bits per heavy atom. The van der Waals surface area contributed by atoms with Crippen molar-refractivity contribution in [2.45, 2.75) is 45.6 Å². The minimum atomic E-state index is 0.0230. The van der Waals surface area contributed by atoms with Crippen LogP contribution in [0.5, 0.6) is 0 Å². The van der Waals surface area contributed by atoms with Crippen LogP contribution >= 0.6 is 11.3 Å². The zero-order valence-electron chi connectivity index (χ0n) is 16.1. The summed E-state index contributed by atoms with van der Waals surface area (Å²) in [5.41, 5.74) is 4.40. The number of carbonyl (C=O) groups excluding carboxylic acids is 1. The van der Waals surface area contributed by atoms with E-state index in [1.807, 2.05) is 14.0 Å². The van der Waals surface area contributed by atoms with Gasteiger partial charge in [0.25, 0.3) is 5.91 Å². The fourth-order valence-electron chi connectivity index (χ4n) is 3.80. The number of amides is 1. The van der Waals surface area contributed by atoms with Gasteiger partial charge in [0.2, 0.25) is 0 Å². The minimum absolute atomic E-state index is 0.0230. The molecule has 2 aromatic rings. The van der Waals surface area contributed by atoms with Gasteiger partial charge in [-0.3, -0.25) is 9.89 Å². The van der Waals surface area contributed by atoms with Crippen molar-refractivity contribution in [2.75, 3.05) is 38.3 Å². The molecule has 1 amide bonds. The van der Waals surface area contributed by atoms with Gasteiger partial charge < -0.3 is 14.5 Å². The molecule has 146 valence electrons. The summed E-state index contributed by atoms with van der Waals surface area (Å²) in [7, 11) is 1.85. The maximum absolute atomic E-state index is 13.0. The number of aryl methyl sites for hydroxylation is 2. The second-order valence-corrected chi connectivity index (χ2v) is 8.34. The molecule has 8 heteroatoms. The van der Waals surface area contributed by atoms with Gasteiger partial charge in [0.1, 0.15) is 4.88 Å². The molecule has 7 nitrogen and oxygen atoms in total. The average Bonchev–Trinajstić information content (AvgIpc) is 3.16. The van der Waals surface area contributed by atoms with Crippen molar-refractivity contribution >= 4 is 22.4 Å². The zero-order valence-corrected chi connectivity index (χ0v) is 16.9. The number of ether oxygens (including phenoxy) is 1. The van der Waals surface area contributed by atoms with E-state index in [1.165, 1.54) is 41.9 Å². The number of anilines is 1. The maximum Gasteiger partial charge on any atom is 0.266 e. The number of nitrogens with one attached hydrogen (secondary N) is 1. The predicted molar refractivity (Wildman–Crippen MR) is 106 cm³/mol. The Morgan fingerprint density at radius 1 is 1.26 bits per heavy atom. The number of morpholine rings is 1. The highest BCUT2D eigenvalue weighted by molar-refractivity contribution is 7.17. The van der Waals surface area contributed by atoms with Crippen LogP contribution in [-0.2, 0) is 24.1 Å². The van der Waals surface area contributed by atoms with Gasteiger partial charge in [-0.15, -0.1) is 0 Å². The van der Waals surface area contributed by atoms with Crippen molar-refractivity contribution in [1.82, 2.24) is 20.1 Å². The van der Waals surface area contributed by atoms with E-state index < -0.39 is 0 Å². The standard InChI is InChI=1S/C19H27N5O2S/c1-13-17(27-19(20-13)24-8-10-26-11-9-24)18(25)23(2)12-16-14-6-4-3-5-7-15(14)21-22-16/h3-12H2,1-2H3,(H,21,22). The first-order valence-electron chi connectivity index (χ1n) is 9.74. The molecular formula is C19H27N5O2S. The Balaban J connectivity index is 1.48. The zero-order chi connectivity index (χ0) is 18.8. The number of aromatic nitrogens is 3. The number of fused-ring (bicyclic) bond motifs is 1. The molecule has 0 aromatic carbocycles. The first-order valence-corrected chi connectivity index (χ1v) is 10.6. The molecule has 2 aliphatic rings. The quantitative estimate of drug-likeness (QED) is 0.814. The van der Waals surface area contributed by atoms with Gasteiger partial charge >= 0.3 is 0 Å². The summed E-state index contributed by atoms with van der Waals surface area (Å²) < 4.78 is 5.41. The fourth-order valence-corrected chi connectivity index (χ4v) is 4.91. The van der Waals surface area contributed by atoms with Gasteiger partial charge in [-0.25, -0.2) is 4.98 Å². The van der Waals surface area contributed by atoms with Gasteiger partial charge in [-0.05, 0) is 38.2 Å².